The summed E-state index contributed by atoms with van der Waals surface area (Å²) in [6.07, 6.45) is 1.84. The third-order valence-electron chi connectivity index (χ3n) is 4.06. The minimum atomic E-state index is -0.212. The molecule has 0 fully saturated rings. The number of aryl methyl sites for hydroxylation is 2. The van der Waals surface area contributed by atoms with Crippen LogP contribution in [0.25, 0.3) is 0 Å². The Kier molecular flexibility index (Phi) is 5.06. The van der Waals surface area contributed by atoms with Crippen LogP contribution in [0, 0.1) is 13.8 Å². The van der Waals surface area contributed by atoms with Gasteiger partial charge in [-0.3, -0.25) is 9.48 Å². The van der Waals surface area contributed by atoms with Gasteiger partial charge in [0.25, 0.3) is 5.91 Å². The van der Waals surface area contributed by atoms with Crippen molar-refractivity contribution < 1.29 is 14.1 Å². The second kappa shape index (κ2) is 7.43. The Morgan fingerprint density at radius 3 is 2.54 bits per heavy atom. The average Bonchev–Trinajstić information content (AvgIpc) is 3.21. The number of benzene rings is 1. The van der Waals surface area contributed by atoms with Crippen LogP contribution in [0.5, 0.6) is 5.75 Å². The van der Waals surface area contributed by atoms with E-state index in [1.54, 1.807) is 35.0 Å². The summed E-state index contributed by atoms with van der Waals surface area (Å²) >= 11 is 0. The van der Waals surface area contributed by atoms with Gasteiger partial charge in [0.2, 0.25) is 0 Å². The quantitative estimate of drug-likeness (QED) is 0.726. The number of carbonyl (C=O) groups excluding carboxylic acids is 1. The molecule has 1 aromatic carbocycles. The number of nitrogens with one attached hydrogen (secondary N) is 1. The predicted octanol–water partition coefficient (Wildman–Crippen LogP) is 3.90. The van der Waals surface area contributed by atoms with Gasteiger partial charge in [-0.05, 0) is 52.0 Å². The lowest BCUT2D eigenvalue weighted by atomic mass is 10.2. The first-order valence-corrected chi connectivity index (χ1v) is 8.45. The first kappa shape index (κ1) is 17.7. The van der Waals surface area contributed by atoms with Gasteiger partial charge in [-0.15, -0.1) is 0 Å². The summed E-state index contributed by atoms with van der Waals surface area (Å²) in [6.45, 7) is 8.16. The number of ether oxygens (including phenoxy) is 1. The van der Waals surface area contributed by atoms with Crippen LogP contribution in [0.3, 0.4) is 0 Å². The summed E-state index contributed by atoms with van der Waals surface area (Å²) in [5.74, 6) is 1.74. The molecule has 7 heteroatoms. The van der Waals surface area contributed by atoms with Crippen molar-refractivity contribution >= 4 is 11.7 Å². The summed E-state index contributed by atoms with van der Waals surface area (Å²) in [4.78, 5) is 12.3. The van der Waals surface area contributed by atoms with Gasteiger partial charge in [0.05, 0.1) is 11.3 Å². The van der Waals surface area contributed by atoms with Crippen molar-refractivity contribution in [3.8, 4) is 5.75 Å². The molecule has 1 N–H and O–H groups in total. The van der Waals surface area contributed by atoms with Crippen LogP contribution in [-0.4, -0.2) is 20.8 Å². The SMILES string of the molecule is Cc1noc(C)c1COc1ccc(C(=O)Nc2ccn(C(C)C)n2)cc1. The third kappa shape index (κ3) is 3.93. The molecule has 0 saturated carbocycles. The summed E-state index contributed by atoms with van der Waals surface area (Å²) in [7, 11) is 0. The Morgan fingerprint density at radius 2 is 1.96 bits per heavy atom. The van der Waals surface area contributed by atoms with E-state index in [1.807, 2.05) is 33.9 Å². The van der Waals surface area contributed by atoms with E-state index in [1.165, 1.54) is 0 Å². The zero-order valence-electron chi connectivity index (χ0n) is 15.3. The number of aromatic nitrogens is 3. The molecule has 1 amide bonds. The summed E-state index contributed by atoms with van der Waals surface area (Å²) < 4.78 is 12.7. The number of amides is 1. The van der Waals surface area contributed by atoms with Crippen molar-refractivity contribution in [3.63, 3.8) is 0 Å². The van der Waals surface area contributed by atoms with Crippen LogP contribution < -0.4 is 10.1 Å². The topological polar surface area (TPSA) is 82.2 Å². The second-order valence-electron chi connectivity index (χ2n) is 6.34. The van der Waals surface area contributed by atoms with Crippen LogP contribution in [0.4, 0.5) is 5.82 Å². The van der Waals surface area contributed by atoms with Crippen molar-refractivity contribution in [2.24, 2.45) is 0 Å². The normalized spacial score (nSPS) is 11.0. The van der Waals surface area contributed by atoms with E-state index in [4.69, 9.17) is 9.26 Å². The maximum absolute atomic E-state index is 12.3. The van der Waals surface area contributed by atoms with Gasteiger partial charge in [-0.1, -0.05) is 5.16 Å². The van der Waals surface area contributed by atoms with Crippen LogP contribution in [0.15, 0.2) is 41.1 Å². The van der Waals surface area contributed by atoms with Gasteiger partial charge in [-0.2, -0.15) is 5.10 Å². The minimum Gasteiger partial charge on any atom is -0.489 e. The molecule has 0 aliphatic heterocycles. The molecule has 0 radical (unpaired) electrons. The highest BCUT2D eigenvalue weighted by molar-refractivity contribution is 6.03. The molecular formula is C19H22N4O3. The first-order chi connectivity index (χ1) is 12.4. The minimum absolute atomic E-state index is 0.212. The van der Waals surface area contributed by atoms with Gasteiger partial charge in [0.1, 0.15) is 18.1 Å². The fraction of sp³-hybridized carbons (Fsp3) is 0.316. The Bertz CT molecular complexity index is 874. The van der Waals surface area contributed by atoms with E-state index >= 15 is 0 Å². The van der Waals surface area contributed by atoms with Gasteiger partial charge in [0.15, 0.2) is 5.82 Å². The second-order valence-corrected chi connectivity index (χ2v) is 6.34. The highest BCUT2D eigenvalue weighted by Gasteiger charge is 2.11. The molecule has 26 heavy (non-hydrogen) atoms. The van der Waals surface area contributed by atoms with E-state index in [0.717, 1.165) is 17.0 Å². The van der Waals surface area contributed by atoms with E-state index in [0.29, 0.717) is 23.7 Å². The number of hydrogen-bond acceptors (Lipinski definition) is 5. The lowest BCUT2D eigenvalue weighted by Crippen LogP contribution is -2.13. The van der Waals surface area contributed by atoms with Crippen molar-refractivity contribution in [1.29, 1.82) is 0 Å². The lowest BCUT2D eigenvalue weighted by molar-refractivity contribution is 0.102. The standard InChI is InChI=1S/C19H22N4O3/c1-12(2)23-10-9-18(21-23)20-19(24)15-5-7-16(8-6-15)25-11-17-13(3)22-26-14(17)4/h5-10,12H,11H2,1-4H3,(H,20,21,24). The molecular weight excluding hydrogens is 332 g/mol. The maximum Gasteiger partial charge on any atom is 0.256 e. The van der Waals surface area contributed by atoms with Crippen molar-refractivity contribution in [1.82, 2.24) is 14.9 Å². The smallest absolute Gasteiger partial charge is 0.256 e. The number of rotatable bonds is 6. The molecule has 2 heterocycles. The Labute approximate surface area is 151 Å². The Hall–Kier alpha value is -3.09. The number of hydrogen-bond donors (Lipinski definition) is 1. The summed E-state index contributed by atoms with van der Waals surface area (Å²) in [5.41, 5.74) is 2.29. The molecule has 0 aliphatic carbocycles. The summed E-state index contributed by atoms with van der Waals surface area (Å²) in [5, 5.41) is 11.0. The maximum atomic E-state index is 12.3. The fourth-order valence-corrected chi connectivity index (χ4v) is 2.45. The van der Waals surface area contributed by atoms with E-state index in [-0.39, 0.29) is 11.9 Å². The molecule has 7 nitrogen and oxygen atoms in total. The zero-order chi connectivity index (χ0) is 18.7. The Morgan fingerprint density at radius 1 is 1.23 bits per heavy atom. The predicted molar refractivity (Wildman–Crippen MR) is 97.3 cm³/mol. The number of anilines is 1. The molecule has 2 aromatic heterocycles. The largest absolute Gasteiger partial charge is 0.489 e. The molecule has 0 atom stereocenters. The van der Waals surface area contributed by atoms with Crippen LogP contribution in [-0.2, 0) is 6.61 Å². The Balaban J connectivity index is 1.60. The van der Waals surface area contributed by atoms with Crippen molar-refractivity contribution in [3.05, 3.63) is 59.1 Å². The highest BCUT2D eigenvalue weighted by Crippen LogP contribution is 2.18. The molecule has 0 unspecified atom stereocenters. The van der Waals surface area contributed by atoms with E-state index in [9.17, 15) is 4.79 Å². The molecule has 136 valence electrons. The van der Waals surface area contributed by atoms with Gasteiger partial charge < -0.3 is 14.6 Å². The molecule has 0 saturated heterocycles. The van der Waals surface area contributed by atoms with Crippen LogP contribution in [0.2, 0.25) is 0 Å². The van der Waals surface area contributed by atoms with Gasteiger partial charge in [-0.25, -0.2) is 0 Å². The highest BCUT2D eigenvalue weighted by atomic mass is 16.5. The zero-order valence-corrected chi connectivity index (χ0v) is 15.3. The van der Waals surface area contributed by atoms with Crippen LogP contribution in [0.1, 0.15) is 47.3 Å². The van der Waals surface area contributed by atoms with Gasteiger partial charge in [0, 0.05) is 23.9 Å². The monoisotopic (exact) mass is 354 g/mol. The summed E-state index contributed by atoms with van der Waals surface area (Å²) in [6, 6.07) is 8.99. The third-order valence-corrected chi connectivity index (χ3v) is 4.06. The molecule has 3 aromatic rings. The molecule has 0 bridgehead atoms. The van der Waals surface area contributed by atoms with Crippen LogP contribution >= 0.6 is 0 Å². The average molecular weight is 354 g/mol. The van der Waals surface area contributed by atoms with E-state index in [2.05, 4.69) is 15.6 Å². The number of nitrogens with zero attached hydrogens (tertiary/aromatic N) is 3. The molecule has 0 spiro atoms. The molecule has 3 rings (SSSR count). The first-order valence-electron chi connectivity index (χ1n) is 8.45. The van der Waals surface area contributed by atoms with Crippen molar-refractivity contribution in [2.45, 2.75) is 40.3 Å². The number of carbonyl (C=O) groups is 1. The lowest BCUT2D eigenvalue weighted by Gasteiger charge is -2.07. The van der Waals surface area contributed by atoms with E-state index < -0.39 is 0 Å². The molecule has 0 aliphatic rings. The van der Waals surface area contributed by atoms with Gasteiger partial charge >= 0.3 is 0 Å². The fourth-order valence-electron chi connectivity index (χ4n) is 2.45. The van der Waals surface area contributed by atoms with Crippen molar-refractivity contribution in [2.75, 3.05) is 5.32 Å².